The first-order valence-corrected chi connectivity index (χ1v) is 9.75. The lowest BCUT2D eigenvalue weighted by Crippen LogP contribution is -2.41. The molecular formula is C23H27NO3. The van der Waals surface area contributed by atoms with Crippen LogP contribution in [0.1, 0.15) is 66.2 Å². The summed E-state index contributed by atoms with van der Waals surface area (Å²) in [6, 6.07) is 11.8. The van der Waals surface area contributed by atoms with Crippen LogP contribution in [0.5, 0.6) is 11.5 Å². The van der Waals surface area contributed by atoms with Crippen LogP contribution in [-0.4, -0.2) is 18.6 Å². The van der Waals surface area contributed by atoms with Gasteiger partial charge in [0.25, 0.3) is 5.91 Å². The third-order valence-corrected chi connectivity index (χ3v) is 5.59. The molecule has 4 heteroatoms. The number of carbonyl (C=O) groups is 1. The Morgan fingerprint density at radius 2 is 1.89 bits per heavy atom. The van der Waals surface area contributed by atoms with Crippen molar-refractivity contribution in [1.29, 1.82) is 0 Å². The predicted molar refractivity (Wildman–Crippen MR) is 106 cm³/mol. The van der Waals surface area contributed by atoms with Crippen LogP contribution < -0.4 is 14.8 Å². The Kier molecular flexibility index (Phi) is 4.58. The Labute approximate surface area is 160 Å². The van der Waals surface area contributed by atoms with Crippen LogP contribution in [0, 0.1) is 0 Å². The second-order valence-corrected chi connectivity index (χ2v) is 8.19. The van der Waals surface area contributed by atoms with E-state index in [0.717, 1.165) is 35.5 Å². The van der Waals surface area contributed by atoms with Crippen molar-refractivity contribution >= 4 is 5.91 Å². The summed E-state index contributed by atoms with van der Waals surface area (Å²) in [5.74, 6) is 1.55. The van der Waals surface area contributed by atoms with E-state index in [2.05, 4.69) is 31.3 Å². The molecule has 1 N–H and O–H groups in total. The zero-order valence-corrected chi connectivity index (χ0v) is 16.3. The quantitative estimate of drug-likeness (QED) is 0.864. The van der Waals surface area contributed by atoms with E-state index < -0.39 is 0 Å². The highest BCUT2D eigenvalue weighted by atomic mass is 16.5. The van der Waals surface area contributed by atoms with Gasteiger partial charge in [0.05, 0.1) is 13.2 Å². The number of benzene rings is 2. The number of amides is 1. The number of ether oxygens (including phenoxy) is 2. The fourth-order valence-electron chi connectivity index (χ4n) is 4.20. The molecule has 0 aromatic heterocycles. The molecule has 4 rings (SSSR count). The summed E-state index contributed by atoms with van der Waals surface area (Å²) in [6.07, 6.45) is 5.36. The van der Waals surface area contributed by atoms with Gasteiger partial charge in [0, 0.05) is 17.5 Å². The average Bonchev–Trinajstić information content (AvgIpc) is 2.66. The van der Waals surface area contributed by atoms with Gasteiger partial charge in [-0.15, -0.1) is 0 Å². The molecular weight excluding hydrogens is 338 g/mol. The summed E-state index contributed by atoms with van der Waals surface area (Å²) in [5.41, 5.74) is 4.09. The zero-order valence-electron chi connectivity index (χ0n) is 16.3. The van der Waals surface area contributed by atoms with Crippen molar-refractivity contribution in [3.8, 4) is 11.5 Å². The van der Waals surface area contributed by atoms with E-state index in [9.17, 15) is 4.79 Å². The van der Waals surface area contributed by atoms with Gasteiger partial charge in [-0.25, -0.2) is 0 Å². The minimum atomic E-state index is -0.338. The van der Waals surface area contributed by atoms with Gasteiger partial charge in [-0.05, 0) is 81.0 Å². The van der Waals surface area contributed by atoms with Crippen molar-refractivity contribution in [1.82, 2.24) is 5.32 Å². The maximum atomic E-state index is 13.0. The van der Waals surface area contributed by atoms with E-state index in [1.54, 1.807) is 7.11 Å². The first kappa shape index (κ1) is 17.9. The second kappa shape index (κ2) is 6.91. The monoisotopic (exact) mass is 365 g/mol. The van der Waals surface area contributed by atoms with E-state index in [1.807, 2.05) is 24.3 Å². The third-order valence-electron chi connectivity index (χ3n) is 5.59. The molecule has 2 aromatic carbocycles. The lowest BCUT2D eigenvalue weighted by atomic mass is 9.88. The second-order valence-electron chi connectivity index (χ2n) is 8.19. The normalized spacial score (nSPS) is 20.0. The van der Waals surface area contributed by atoms with E-state index in [0.29, 0.717) is 6.42 Å². The number of hydrogen-bond acceptors (Lipinski definition) is 3. The maximum absolute atomic E-state index is 13.0. The van der Waals surface area contributed by atoms with Crippen molar-refractivity contribution < 1.29 is 14.3 Å². The molecule has 0 saturated heterocycles. The molecule has 1 aliphatic carbocycles. The van der Waals surface area contributed by atoms with E-state index in [4.69, 9.17) is 9.47 Å². The maximum Gasteiger partial charge on any atom is 0.251 e. The van der Waals surface area contributed by atoms with Crippen molar-refractivity contribution in [2.75, 3.05) is 7.11 Å². The van der Waals surface area contributed by atoms with Crippen LogP contribution in [0.4, 0.5) is 0 Å². The predicted octanol–water partition coefficient (Wildman–Crippen LogP) is 4.61. The number of methoxy groups -OCH3 is 1. The summed E-state index contributed by atoms with van der Waals surface area (Å²) < 4.78 is 11.5. The van der Waals surface area contributed by atoms with Crippen LogP contribution in [0.3, 0.4) is 0 Å². The fourth-order valence-corrected chi connectivity index (χ4v) is 4.20. The highest BCUT2D eigenvalue weighted by molar-refractivity contribution is 5.94. The molecule has 0 bridgehead atoms. The van der Waals surface area contributed by atoms with Gasteiger partial charge >= 0.3 is 0 Å². The molecule has 142 valence electrons. The smallest absolute Gasteiger partial charge is 0.251 e. The number of hydrogen-bond donors (Lipinski definition) is 1. The zero-order chi connectivity index (χ0) is 19.0. The van der Waals surface area contributed by atoms with Crippen LogP contribution in [0.2, 0.25) is 0 Å². The third kappa shape index (κ3) is 3.66. The highest BCUT2D eigenvalue weighted by Gasteiger charge is 2.35. The van der Waals surface area contributed by atoms with Crippen LogP contribution in [-0.2, 0) is 12.8 Å². The number of rotatable bonds is 3. The summed E-state index contributed by atoms with van der Waals surface area (Å²) >= 11 is 0. The minimum Gasteiger partial charge on any atom is -0.497 e. The van der Waals surface area contributed by atoms with E-state index in [1.165, 1.54) is 24.0 Å². The minimum absolute atomic E-state index is 0.0279. The van der Waals surface area contributed by atoms with Crippen molar-refractivity contribution in [3.05, 3.63) is 58.7 Å². The summed E-state index contributed by atoms with van der Waals surface area (Å²) in [7, 11) is 1.65. The molecule has 1 heterocycles. The van der Waals surface area contributed by atoms with Crippen molar-refractivity contribution in [2.45, 2.75) is 57.6 Å². The molecule has 0 saturated carbocycles. The SMILES string of the molecule is COc1ccc2c(c1)C(NC(=O)c1ccc3c(c1)CCCC3)CC(C)(C)O2. The molecule has 1 unspecified atom stereocenters. The van der Waals surface area contributed by atoms with Crippen molar-refractivity contribution in [2.24, 2.45) is 0 Å². The van der Waals surface area contributed by atoms with Crippen molar-refractivity contribution in [3.63, 3.8) is 0 Å². The van der Waals surface area contributed by atoms with Crippen LogP contribution in [0.25, 0.3) is 0 Å². The Balaban J connectivity index is 1.61. The van der Waals surface area contributed by atoms with Gasteiger partial charge in [-0.1, -0.05) is 6.07 Å². The number of carbonyl (C=O) groups excluding carboxylic acids is 1. The van der Waals surface area contributed by atoms with Gasteiger partial charge in [0.1, 0.15) is 17.1 Å². The Bertz CT molecular complexity index is 872. The summed E-state index contributed by atoms with van der Waals surface area (Å²) in [4.78, 5) is 13.0. The first-order valence-electron chi connectivity index (χ1n) is 9.75. The molecule has 27 heavy (non-hydrogen) atoms. The van der Waals surface area contributed by atoms with Crippen LogP contribution in [0.15, 0.2) is 36.4 Å². The summed E-state index contributed by atoms with van der Waals surface area (Å²) in [5, 5.41) is 3.23. The van der Waals surface area contributed by atoms with Gasteiger partial charge in [0.15, 0.2) is 0 Å². The molecule has 0 fully saturated rings. The average molecular weight is 365 g/mol. The molecule has 0 radical (unpaired) electrons. The molecule has 1 amide bonds. The Hall–Kier alpha value is -2.49. The molecule has 0 spiro atoms. The topological polar surface area (TPSA) is 47.6 Å². The lowest BCUT2D eigenvalue weighted by molar-refractivity contribution is 0.0618. The van der Waals surface area contributed by atoms with Gasteiger partial charge < -0.3 is 14.8 Å². The lowest BCUT2D eigenvalue weighted by Gasteiger charge is -2.38. The molecule has 1 atom stereocenters. The fraction of sp³-hybridized carbons (Fsp3) is 0.435. The number of aryl methyl sites for hydroxylation is 2. The Morgan fingerprint density at radius 3 is 2.67 bits per heavy atom. The number of nitrogens with one attached hydrogen (secondary N) is 1. The summed E-state index contributed by atoms with van der Waals surface area (Å²) in [6.45, 7) is 4.11. The molecule has 2 aromatic rings. The van der Waals surface area contributed by atoms with Gasteiger partial charge in [0.2, 0.25) is 0 Å². The number of fused-ring (bicyclic) bond motifs is 2. The van der Waals surface area contributed by atoms with Crippen LogP contribution >= 0.6 is 0 Å². The Morgan fingerprint density at radius 1 is 1.11 bits per heavy atom. The van der Waals surface area contributed by atoms with E-state index in [-0.39, 0.29) is 17.6 Å². The van der Waals surface area contributed by atoms with E-state index >= 15 is 0 Å². The van der Waals surface area contributed by atoms with Gasteiger partial charge in [-0.3, -0.25) is 4.79 Å². The highest BCUT2D eigenvalue weighted by Crippen LogP contribution is 2.41. The molecule has 4 nitrogen and oxygen atoms in total. The van der Waals surface area contributed by atoms with Gasteiger partial charge in [-0.2, -0.15) is 0 Å². The largest absolute Gasteiger partial charge is 0.497 e. The standard InChI is InChI=1S/C23H27NO3/c1-23(2)14-20(19-13-18(26-3)10-11-21(19)27-23)24-22(25)17-9-8-15-6-4-5-7-16(15)12-17/h8-13,20H,4-7,14H2,1-3H3,(H,24,25). The molecule has 2 aliphatic rings. The molecule has 1 aliphatic heterocycles. The first-order chi connectivity index (χ1) is 12.9.